The van der Waals surface area contributed by atoms with Gasteiger partial charge in [-0.25, -0.2) is 13.8 Å². The van der Waals surface area contributed by atoms with Crippen LogP contribution in [0.5, 0.6) is 0 Å². The highest BCUT2D eigenvalue weighted by molar-refractivity contribution is 9.10. The molecule has 9 nitrogen and oxygen atoms in total. The van der Waals surface area contributed by atoms with Crippen molar-refractivity contribution in [2.24, 2.45) is 0 Å². The van der Waals surface area contributed by atoms with Gasteiger partial charge in [0.05, 0.1) is 19.3 Å². The van der Waals surface area contributed by atoms with E-state index < -0.39 is 23.8 Å². The third kappa shape index (κ3) is 8.03. The van der Waals surface area contributed by atoms with Gasteiger partial charge in [-0.15, -0.1) is 0 Å². The Morgan fingerprint density at radius 2 is 2.08 bits per heavy atom. The van der Waals surface area contributed by atoms with Crippen LogP contribution in [-0.4, -0.2) is 71.2 Å². The number of aliphatic hydroxyl groups is 1. The topological polar surface area (TPSA) is 105 Å². The van der Waals surface area contributed by atoms with Gasteiger partial charge in [0.1, 0.15) is 30.4 Å². The number of benzene rings is 2. The molecule has 1 amide bonds. The molecule has 1 aromatic heterocycles. The molecule has 2 atom stereocenters. The third-order valence-electron chi connectivity index (χ3n) is 6.26. The first-order chi connectivity index (χ1) is 18.4. The zero-order valence-corrected chi connectivity index (χ0v) is 22.4. The minimum atomic E-state index is -0.872. The molecule has 1 aliphatic heterocycles. The molecule has 12 heteroatoms. The van der Waals surface area contributed by atoms with Crippen LogP contribution in [0.15, 0.2) is 53.5 Å². The summed E-state index contributed by atoms with van der Waals surface area (Å²) in [4.78, 5) is 18.3. The molecule has 0 aliphatic carbocycles. The van der Waals surface area contributed by atoms with E-state index in [-0.39, 0.29) is 31.2 Å². The normalized spacial score (nSPS) is 14.4. The molecule has 204 valence electrons. The number of amides is 1. The molecule has 1 aliphatic rings. The lowest BCUT2D eigenvalue weighted by Crippen LogP contribution is -2.37. The summed E-state index contributed by atoms with van der Waals surface area (Å²) in [6.07, 6.45) is 2.52. The molecule has 0 saturated heterocycles. The summed E-state index contributed by atoms with van der Waals surface area (Å²) in [5.74, 6) is -1.45. The van der Waals surface area contributed by atoms with Crippen molar-refractivity contribution < 1.29 is 23.4 Å². The van der Waals surface area contributed by atoms with Gasteiger partial charge in [-0.1, -0.05) is 22.0 Å². The zero-order valence-electron chi connectivity index (χ0n) is 20.8. The molecule has 2 heterocycles. The quantitative estimate of drug-likeness (QED) is 0.247. The summed E-state index contributed by atoms with van der Waals surface area (Å²) in [5.41, 5.74) is 2.64. The van der Waals surface area contributed by atoms with Crippen LogP contribution < -0.4 is 15.5 Å². The number of nitrogens with zero attached hydrogens (tertiary/aromatic N) is 4. The van der Waals surface area contributed by atoms with E-state index in [1.54, 1.807) is 0 Å². The molecule has 38 heavy (non-hydrogen) atoms. The average molecular weight is 593 g/mol. The van der Waals surface area contributed by atoms with Crippen LogP contribution in [0.2, 0.25) is 0 Å². The minimum Gasteiger partial charge on any atom is -0.389 e. The van der Waals surface area contributed by atoms with Crippen LogP contribution in [0.4, 0.5) is 14.5 Å². The SMILES string of the molecule is O=C(CCN1CCc2cc(Br)ccc21)NCCNCC(O)COC(Cn1cncn1)c1ccc(F)cc1F. The van der Waals surface area contributed by atoms with Crippen LogP contribution in [0.25, 0.3) is 0 Å². The predicted octanol–water partition coefficient (Wildman–Crippen LogP) is 2.60. The summed E-state index contributed by atoms with van der Waals surface area (Å²) in [6.45, 7) is 2.75. The lowest BCUT2D eigenvalue weighted by molar-refractivity contribution is -0.120. The fourth-order valence-electron chi connectivity index (χ4n) is 4.34. The smallest absolute Gasteiger partial charge is 0.221 e. The Bertz CT molecular complexity index is 1200. The van der Waals surface area contributed by atoms with Crippen LogP contribution in [0, 0.1) is 11.6 Å². The number of hydrogen-bond donors (Lipinski definition) is 3. The Kier molecular flexibility index (Phi) is 10.2. The molecular formula is C26H31BrF2N6O3. The Hall–Kier alpha value is -2.93. The van der Waals surface area contributed by atoms with E-state index in [1.807, 2.05) is 6.07 Å². The van der Waals surface area contributed by atoms with Crippen LogP contribution in [-0.2, 0) is 22.5 Å². The van der Waals surface area contributed by atoms with Crippen molar-refractivity contribution >= 4 is 27.5 Å². The van der Waals surface area contributed by atoms with E-state index in [9.17, 15) is 18.7 Å². The van der Waals surface area contributed by atoms with Gasteiger partial charge in [0.2, 0.25) is 5.91 Å². The number of ether oxygens (including phenoxy) is 1. The number of carbonyl (C=O) groups is 1. The van der Waals surface area contributed by atoms with Crippen molar-refractivity contribution in [3.63, 3.8) is 0 Å². The van der Waals surface area contributed by atoms with Gasteiger partial charge in [0.25, 0.3) is 0 Å². The summed E-state index contributed by atoms with van der Waals surface area (Å²) in [5, 5.41) is 20.3. The molecule has 4 rings (SSSR count). The van der Waals surface area contributed by atoms with Crippen molar-refractivity contribution in [1.29, 1.82) is 0 Å². The van der Waals surface area contributed by atoms with E-state index >= 15 is 0 Å². The standard InChI is InChI=1S/C26H31BrF2N6O3/c27-19-1-4-24-18(11-19)5-9-34(24)10-6-26(37)32-8-7-30-13-21(36)15-38-25(14-35-17-31-16-33-35)22-3-2-20(28)12-23(22)29/h1-4,11-12,16-17,21,25,30,36H,5-10,13-15H2,(H,32,37). The Morgan fingerprint density at radius 3 is 2.87 bits per heavy atom. The highest BCUT2D eigenvalue weighted by atomic mass is 79.9. The van der Waals surface area contributed by atoms with Gasteiger partial charge in [0.15, 0.2) is 0 Å². The van der Waals surface area contributed by atoms with Crippen LogP contribution in [0.1, 0.15) is 23.7 Å². The molecule has 3 N–H and O–H groups in total. The van der Waals surface area contributed by atoms with Gasteiger partial charge in [-0.3, -0.25) is 9.48 Å². The summed E-state index contributed by atoms with van der Waals surface area (Å²) in [6, 6.07) is 9.49. The summed E-state index contributed by atoms with van der Waals surface area (Å²) < 4.78 is 36.0. The van der Waals surface area contributed by atoms with Gasteiger partial charge < -0.3 is 25.4 Å². The number of anilines is 1. The Labute approximate surface area is 228 Å². The Morgan fingerprint density at radius 1 is 1.21 bits per heavy atom. The first-order valence-corrected chi connectivity index (χ1v) is 13.3. The highest BCUT2D eigenvalue weighted by Gasteiger charge is 2.21. The van der Waals surface area contributed by atoms with Crippen LogP contribution in [0.3, 0.4) is 0 Å². The van der Waals surface area contributed by atoms with Crippen molar-refractivity contribution in [2.45, 2.75) is 31.6 Å². The number of halogens is 3. The van der Waals surface area contributed by atoms with Gasteiger partial charge in [-0.2, -0.15) is 5.10 Å². The molecule has 0 spiro atoms. The summed E-state index contributed by atoms with van der Waals surface area (Å²) >= 11 is 3.50. The Balaban J connectivity index is 1.13. The number of fused-ring (bicyclic) bond motifs is 1. The van der Waals surface area contributed by atoms with Gasteiger partial charge in [0, 0.05) is 60.9 Å². The average Bonchev–Trinajstić information content (AvgIpc) is 3.55. The van der Waals surface area contributed by atoms with Crippen molar-refractivity contribution in [3.05, 3.63) is 76.3 Å². The van der Waals surface area contributed by atoms with Gasteiger partial charge in [-0.05, 0) is 36.2 Å². The van der Waals surface area contributed by atoms with E-state index in [1.165, 1.54) is 34.7 Å². The monoisotopic (exact) mass is 592 g/mol. The minimum absolute atomic E-state index is 0.0291. The molecule has 0 fully saturated rings. The predicted molar refractivity (Wildman–Crippen MR) is 142 cm³/mol. The number of nitrogens with one attached hydrogen (secondary N) is 2. The molecule has 2 aromatic carbocycles. The fraction of sp³-hybridized carbons (Fsp3) is 0.423. The molecule has 0 bridgehead atoms. The first-order valence-electron chi connectivity index (χ1n) is 12.5. The van der Waals surface area contributed by atoms with Crippen molar-refractivity contribution in [3.8, 4) is 0 Å². The van der Waals surface area contributed by atoms with E-state index in [4.69, 9.17) is 4.74 Å². The number of carbonyl (C=O) groups excluding carboxylic acids is 1. The maximum atomic E-state index is 14.4. The first kappa shape index (κ1) is 28.1. The lowest BCUT2D eigenvalue weighted by atomic mass is 10.1. The highest BCUT2D eigenvalue weighted by Crippen LogP contribution is 2.30. The maximum Gasteiger partial charge on any atom is 0.221 e. The number of aliphatic hydroxyl groups excluding tert-OH is 1. The van der Waals surface area contributed by atoms with Crippen molar-refractivity contribution in [2.75, 3.05) is 44.2 Å². The lowest BCUT2D eigenvalue weighted by Gasteiger charge is -2.21. The second-order valence-corrected chi connectivity index (χ2v) is 9.99. The van der Waals surface area contributed by atoms with E-state index in [2.05, 4.69) is 53.7 Å². The molecular weight excluding hydrogens is 562 g/mol. The second-order valence-electron chi connectivity index (χ2n) is 9.07. The molecule has 3 aromatic rings. The zero-order chi connectivity index (χ0) is 26.9. The van der Waals surface area contributed by atoms with E-state index in [0.29, 0.717) is 26.1 Å². The third-order valence-corrected chi connectivity index (χ3v) is 6.76. The summed E-state index contributed by atoms with van der Waals surface area (Å²) in [7, 11) is 0. The molecule has 2 unspecified atom stereocenters. The number of rotatable bonds is 14. The van der Waals surface area contributed by atoms with Crippen LogP contribution >= 0.6 is 15.9 Å². The fourth-order valence-corrected chi connectivity index (χ4v) is 4.75. The number of aromatic nitrogens is 3. The van der Waals surface area contributed by atoms with E-state index in [0.717, 1.165) is 29.6 Å². The second kappa shape index (κ2) is 13.7. The maximum absolute atomic E-state index is 14.4. The van der Waals surface area contributed by atoms with Gasteiger partial charge >= 0.3 is 0 Å². The largest absolute Gasteiger partial charge is 0.389 e. The molecule has 0 saturated carbocycles. The molecule has 0 radical (unpaired) electrons. The number of hydrogen-bond acceptors (Lipinski definition) is 7. The van der Waals surface area contributed by atoms with Crippen molar-refractivity contribution in [1.82, 2.24) is 25.4 Å².